The summed E-state index contributed by atoms with van der Waals surface area (Å²) in [4.78, 5) is 0. The first-order chi connectivity index (χ1) is 14.8. The van der Waals surface area contributed by atoms with E-state index in [1.54, 1.807) is 6.07 Å². The van der Waals surface area contributed by atoms with Crippen LogP contribution in [0.2, 0.25) is 0 Å². The molecule has 0 N–H and O–H groups in total. The molecule has 0 aliphatic carbocycles. The van der Waals surface area contributed by atoms with Crippen molar-refractivity contribution in [2.75, 3.05) is 0 Å². The Balaban J connectivity index is 1.74. The van der Waals surface area contributed by atoms with E-state index in [-0.39, 0.29) is 0 Å². The van der Waals surface area contributed by atoms with Crippen LogP contribution in [0.15, 0.2) is 83.3 Å². The minimum atomic E-state index is 0.528. The number of furan rings is 1. The number of hydrogen-bond acceptors (Lipinski definition) is 3. The number of aromatic nitrogens is 1. The summed E-state index contributed by atoms with van der Waals surface area (Å²) < 4.78 is 8.16. The first-order valence-corrected chi connectivity index (χ1v) is 9.57. The van der Waals surface area contributed by atoms with Crippen LogP contribution in [0.5, 0.6) is 0 Å². The molecule has 4 heteroatoms. The Morgan fingerprint density at radius 2 is 1.50 bits per heavy atom. The molecule has 138 valence electrons. The zero-order valence-electron chi connectivity index (χ0n) is 15.8. The number of benzene rings is 4. The molecule has 0 aliphatic rings. The standard InChI is InChI=1S/C26H13N3O/c27-14-16-8-10-20-19-5-1-2-7-23(19)29(24(20)12-16)18-9-11-25-22(13-18)21-6-3-4-17(15-28)26(21)30-25/h1-13H. The molecule has 0 aliphatic heterocycles. The van der Waals surface area contributed by atoms with Crippen LogP contribution >= 0.6 is 0 Å². The first kappa shape index (κ1) is 16.4. The second kappa shape index (κ2) is 5.98. The van der Waals surface area contributed by atoms with Crippen LogP contribution in [-0.4, -0.2) is 4.57 Å². The molecule has 2 aromatic heterocycles. The minimum Gasteiger partial charge on any atom is -0.455 e. The van der Waals surface area contributed by atoms with E-state index in [0.29, 0.717) is 16.7 Å². The van der Waals surface area contributed by atoms with E-state index in [4.69, 9.17) is 4.42 Å². The molecule has 0 bridgehead atoms. The van der Waals surface area contributed by atoms with Crippen LogP contribution in [0.3, 0.4) is 0 Å². The van der Waals surface area contributed by atoms with Crippen LogP contribution in [0.25, 0.3) is 49.4 Å². The first-order valence-electron chi connectivity index (χ1n) is 9.57. The van der Waals surface area contributed by atoms with E-state index in [0.717, 1.165) is 43.8 Å². The van der Waals surface area contributed by atoms with E-state index in [2.05, 4.69) is 34.9 Å². The predicted molar refractivity (Wildman–Crippen MR) is 117 cm³/mol. The fourth-order valence-electron chi connectivity index (χ4n) is 4.33. The van der Waals surface area contributed by atoms with Crippen molar-refractivity contribution < 1.29 is 4.42 Å². The van der Waals surface area contributed by atoms with Crippen molar-refractivity contribution in [3.63, 3.8) is 0 Å². The average Bonchev–Trinajstić information content (AvgIpc) is 3.33. The third kappa shape index (κ3) is 2.13. The normalized spacial score (nSPS) is 11.3. The van der Waals surface area contributed by atoms with Gasteiger partial charge in [0.05, 0.1) is 28.2 Å². The smallest absolute Gasteiger partial charge is 0.153 e. The lowest BCUT2D eigenvalue weighted by Crippen LogP contribution is -1.93. The van der Waals surface area contributed by atoms with Gasteiger partial charge >= 0.3 is 0 Å². The molecule has 0 fully saturated rings. The summed E-state index contributed by atoms with van der Waals surface area (Å²) in [5, 5.41) is 23.0. The molecule has 0 radical (unpaired) electrons. The zero-order chi connectivity index (χ0) is 20.2. The van der Waals surface area contributed by atoms with E-state index < -0.39 is 0 Å². The number of fused-ring (bicyclic) bond motifs is 6. The maximum absolute atomic E-state index is 9.42. The summed E-state index contributed by atoms with van der Waals surface area (Å²) >= 11 is 0. The summed E-state index contributed by atoms with van der Waals surface area (Å²) in [6.07, 6.45) is 0. The second-order valence-corrected chi connectivity index (χ2v) is 7.27. The molecule has 0 amide bonds. The van der Waals surface area contributed by atoms with Crippen molar-refractivity contribution in [3.05, 3.63) is 90.0 Å². The maximum atomic E-state index is 9.42. The van der Waals surface area contributed by atoms with Gasteiger partial charge in [0, 0.05) is 27.2 Å². The quantitative estimate of drug-likeness (QED) is 0.329. The molecule has 0 spiro atoms. The van der Waals surface area contributed by atoms with Gasteiger partial charge in [-0.05, 0) is 42.5 Å². The molecule has 0 saturated heterocycles. The number of hydrogen-bond donors (Lipinski definition) is 0. The molecule has 6 rings (SSSR count). The Hall–Kier alpha value is -4.54. The van der Waals surface area contributed by atoms with Gasteiger partial charge in [0.2, 0.25) is 0 Å². The highest BCUT2D eigenvalue weighted by molar-refractivity contribution is 6.11. The summed E-state index contributed by atoms with van der Waals surface area (Å²) in [6, 6.07) is 30.2. The predicted octanol–water partition coefficient (Wildman–Crippen LogP) is 6.43. The van der Waals surface area contributed by atoms with E-state index >= 15 is 0 Å². The van der Waals surface area contributed by atoms with Crippen molar-refractivity contribution in [2.24, 2.45) is 0 Å². The average molecular weight is 383 g/mol. The second-order valence-electron chi connectivity index (χ2n) is 7.27. The van der Waals surface area contributed by atoms with Crippen molar-refractivity contribution in [1.82, 2.24) is 4.57 Å². The van der Waals surface area contributed by atoms with Gasteiger partial charge in [-0.2, -0.15) is 10.5 Å². The highest BCUT2D eigenvalue weighted by Gasteiger charge is 2.15. The van der Waals surface area contributed by atoms with E-state index in [1.165, 1.54) is 0 Å². The van der Waals surface area contributed by atoms with E-state index in [9.17, 15) is 10.5 Å². The molecule has 4 nitrogen and oxygen atoms in total. The SMILES string of the molecule is N#Cc1ccc2c3ccccc3n(-c3ccc4oc5c(C#N)cccc5c4c3)c2c1. The molecule has 4 aromatic carbocycles. The van der Waals surface area contributed by atoms with Crippen molar-refractivity contribution in [1.29, 1.82) is 10.5 Å². The van der Waals surface area contributed by atoms with Gasteiger partial charge < -0.3 is 8.98 Å². The molecular weight excluding hydrogens is 370 g/mol. The Morgan fingerprint density at radius 3 is 2.37 bits per heavy atom. The molecule has 6 aromatic rings. The number of rotatable bonds is 1. The fourth-order valence-corrected chi connectivity index (χ4v) is 4.33. The third-order valence-corrected chi connectivity index (χ3v) is 5.66. The van der Waals surface area contributed by atoms with Gasteiger partial charge in [0.15, 0.2) is 5.58 Å². The van der Waals surface area contributed by atoms with Crippen LogP contribution < -0.4 is 0 Å². The largest absolute Gasteiger partial charge is 0.455 e. The summed E-state index contributed by atoms with van der Waals surface area (Å²) in [5.74, 6) is 0. The van der Waals surface area contributed by atoms with Gasteiger partial charge in [0.1, 0.15) is 11.7 Å². The van der Waals surface area contributed by atoms with Crippen molar-refractivity contribution in [2.45, 2.75) is 0 Å². The zero-order valence-corrected chi connectivity index (χ0v) is 15.8. The molecule has 0 atom stereocenters. The monoisotopic (exact) mass is 383 g/mol. The van der Waals surface area contributed by atoms with Gasteiger partial charge in [-0.25, -0.2) is 0 Å². The van der Waals surface area contributed by atoms with Gasteiger partial charge in [0.25, 0.3) is 0 Å². The molecular formula is C26H13N3O. The van der Waals surface area contributed by atoms with Gasteiger partial charge in [-0.15, -0.1) is 0 Å². The van der Waals surface area contributed by atoms with Crippen LogP contribution in [-0.2, 0) is 0 Å². The van der Waals surface area contributed by atoms with Crippen LogP contribution in [0.1, 0.15) is 11.1 Å². The minimum absolute atomic E-state index is 0.528. The fraction of sp³-hybridized carbons (Fsp3) is 0. The van der Waals surface area contributed by atoms with Crippen LogP contribution in [0.4, 0.5) is 0 Å². The Labute approximate surface area is 171 Å². The van der Waals surface area contributed by atoms with Gasteiger partial charge in [-0.1, -0.05) is 36.4 Å². The lowest BCUT2D eigenvalue weighted by Gasteiger charge is -2.08. The van der Waals surface area contributed by atoms with Crippen molar-refractivity contribution >= 4 is 43.7 Å². The summed E-state index contributed by atoms with van der Waals surface area (Å²) in [5.41, 5.74) is 5.55. The molecule has 30 heavy (non-hydrogen) atoms. The highest BCUT2D eigenvalue weighted by atomic mass is 16.3. The Kier molecular flexibility index (Phi) is 3.27. The third-order valence-electron chi connectivity index (χ3n) is 5.66. The number of nitriles is 2. The summed E-state index contributed by atoms with van der Waals surface area (Å²) in [7, 11) is 0. The van der Waals surface area contributed by atoms with Gasteiger partial charge in [-0.3, -0.25) is 0 Å². The van der Waals surface area contributed by atoms with Crippen LogP contribution in [0, 0.1) is 22.7 Å². The molecule has 0 unspecified atom stereocenters. The highest BCUT2D eigenvalue weighted by Crippen LogP contribution is 2.36. The Bertz CT molecular complexity index is 1720. The molecule has 0 saturated carbocycles. The maximum Gasteiger partial charge on any atom is 0.153 e. The number of para-hydroxylation sites is 2. The lowest BCUT2D eigenvalue weighted by molar-refractivity contribution is 0.667. The Morgan fingerprint density at radius 1 is 0.667 bits per heavy atom. The topological polar surface area (TPSA) is 65.7 Å². The summed E-state index contributed by atoms with van der Waals surface area (Å²) in [6.45, 7) is 0. The van der Waals surface area contributed by atoms with E-state index in [1.807, 2.05) is 54.6 Å². The lowest BCUT2D eigenvalue weighted by atomic mass is 10.1. The number of nitrogens with zero attached hydrogens (tertiary/aromatic N) is 3. The molecule has 2 heterocycles. The van der Waals surface area contributed by atoms with Crippen molar-refractivity contribution in [3.8, 4) is 17.8 Å².